The van der Waals surface area contributed by atoms with Gasteiger partial charge < -0.3 is 20.3 Å². The molecule has 8 nitrogen and oxygen atoms in total. The van der Waals surface area contributed by atoms with Gasteiger partial charge in [0.1, 0.15) is 11.8 Å². The molecule has 2 aromatic heterocycles. The number of hydrogen-bond donors (Lipinski definition) is 3. The number of anilines is 1. The molecule has 3 N–H and O–H groups in total. The topological polar surface area (TPSA) is 107 Å². The average molecular weight is 380 g/mol. The van der Waals surface area contributed by atoms with E-state index in [9.17, 15) is 9.90 Å². The van der Waals surface area contributed by atoms with E-state index in [-0.39, 0.29) is 24.5 Å². The van der Waals surface area contributed by atoms with Gasteiger partial charge in [-0.2, -0.15) is 0 Å². The van der Waals surface area contributed by atoms with Crippen molar-refractivity contribution in [3.05, 3.63) is 48.5 Å². The van der Waals surface area contributed by atoms with Crippen LogP contribution in [-0.4, -0.2) is 56.7 Å². The minimum atomic E-state index is -0.264. The van der Waals surface area contributed by atoms with Gasteiger partial charge in [-0.25, -0.2) is 15.0 Å². The Hall–Kier alpha value is -3.00. The van der Waals surface area contributed by atoms with Crippen LogP contribution in [0, 0.1) is 5.92 Å². The predicted octanol–water partition coefficient (Wildman–Crippen LogP) is 1.29. The summed E-state index contributed by atoms with van der Waals surface area (Å²) in [6, 6.07) is 9.63. The van der Waals surface area contributed by atoms with Crippen LogP contribution in [0.5, 0.6) is 0 Å². The molecule has 1 fully saturated rings. The summed E-state index contributed by atoms with van der Waals surface area (Å²) in [6.45, 7) is 1.41. The quantitative estimate of drug-likeness (QED) is 0.595. The summed E-state index contributed by atoms with van der Waals surface area (Å²) in [5.41, 5.74) is 2.58. The molecular formula is C20H24N6O2. The Balaban J connectivity index is 1.34. The van der Waals surface area contributed by atoms with Crippen molar-refractivity contribution in [3.63, 3.8) is 0 Å². The number of aromatic amines is 1. The van der Waals surface area contributed by atoms with Gasteiger partial charge in [0.25, 0.3) is 0 Å². The van der Waals surface area contributed by atoms with E-state index in [0.29, 0.717) is 12.1 Å². The lowest BCUT2D eigenvalue weighted by atomic mass is 9.95. The molecule has 28 heavy (non-hydrogen) atoms. The zero-order valence-electron chi connectivity index (χ0n) is 15.6. The lowest BCUT2D eigenvalue weighted by molar-refractivity contribution is -0.126. The molecule has 146 valence electrons. The first-order valence-corrected chi connectivity index (χ1v) is 9.59. The number of piperidine rings is 1. The number of carbonyl (C=O) groups excluding carboxylic acids is 1. The van der Waals surface area contributed by atoms with Gasteiger partial charge in [-0.3, -0.25) is 4.79 Å². The second-order valence-corrected chi connectivity index (χ2v) is 7.14. The minimum Gasteiger partial charge on any atom is -0.394 e. The summed E-state index contributed by atoms with van der Waals surface area (Å²) >= 11 is 0. The van der Waals surface area contributed by atoms with E-state index in [1.807, 2.05) is 30.3 Å². The molecule has 0 spiro atoms. The smallest absolute Gasteiger partial charge is 0.223 e. The molecule has 8 heteroatoms. The number of amides is 1. The molecular weight excluding hydrogens is 356 g/mol. The first-order chi connectivity index (χ1) is 13.7. The predicted molar refractivity (Wildman–Crippen MR) is 106 cm³/mol. The maximum atomic E-state index is 12.7. The fourth-order valence-electron chi connectivity index (χ4n) is 3.72. The third-order valence-corrected chi connectivity index (χ3v) is 5.26. The van der Waals surface area contributed by atoms with Crippen molar-refractivity contribution in [2.24, 2.45) is 5.92 Å². The molecule has 0 bridgehead atoms. The summed E-state index contributed by atoms with van der Waals surface area (Å²) in [4.78, 5) is 30.7. The molecule has 0 aliphatic carbocycles. The number of aromatic nitrogens is 4. The number of carbonyl (C=O) groups is 1. The van der Waals surface area contributed by atoms with Gasteiger partial charge in [0.05, 0.1) is 19.0 Å². The number of aliphatic hydroxyl groups excluding tert-OH is 1. The Bertz CT molecular complexity index is 921. The molecule has 1 saturated heterocycles. The van der Waals surface area contributed by atoms with Crippen molar-refractivity contribution in [3.8, 4) is 0 Å². The maximum Gasteiger partial charge on any atom is 0.223 e. The van der Waals surface area contributed by atoms with Gasteiger partial charge in [-0.05, 0) is 24.8 Å². The number of fused-ring (bicyclic) bond motifs is 1. The lowest BCUT2D eigenvalue weighted by Gasteiger charge is -2.32. The van der Waals surface area contributed by atoms with Crippen molar-refractivity contribution < 1.29 is 9.90 Å². The molecule has 3 aromatic rings. The number of imidazole rings is 1. The summed E-state index contributed by atoms with van der Waals surface area (Å²) < 4.78 is 0. The standard InChI is InChI=1S/C20H24N6O2/c27-11-16(10-14-4-2-1-3-5-14)25-20(28)15-6-8-26(9-7-15)19-17-18(22-12-21-17)23-13-24-19/h1-5,12-13,15-16,27H,6-11H2,(H,25,28)(H,21,22,23,24). The first kappa shape index (κ1) is 18.4. The van der Waals surface area contributed by atoms with Gasteiger partial charge in [0.15, 0.2) is 11.5 Å². The van der Waals surface area contributed by atoms with Crippen molar-refractivity contribution in [1.29, 1.82) is 0 Å². The average Bonchev–Trinajstić information content (AvgIpc) is 3.23. The highest BCUT2D eigenvalue weighted by molar-refractivity contribution is 5.83. The summed E-state index contributed by atoms with van der Waals surface area (Å²) in [6.07, 6.45) is 5.25. The molecule has 1 aromatic carbocycles. The molecule has 1 atom stereocenters. The molecule has 3 heterocycles. The Labute approximate surface area is 163 Å². The zero-order valence-corrected chi connectivity index (χ0v) is 15.6. The highest BCUT2D eigenvalue weighted by atomic mass is 16.3. The van der Waals surface area contributed by atoms with Crippen LogP contribution in [-0.2, 0) is 11.2 Å². The fraction of sp³-hybridized carbons (Fsp3) is 0.400. The Morgan fingerprint density at radius 1 is 1.21 bits per heavy atom. The van der Waals surface area contributed by atoms with Crippen molar-refractivity contribution in [1.82, 2.24) is 25.3 Å². The highest BCUT2D eigenvalue weighted by Crippen LogP contribution is 2.25. The van der Waals surface area contributed by atoms with E-state index in [4.69, 9.17) is 0 Å². The number of nitrogens with zero attached hydrogens (tertiary/aromatic N) is 4. The maximum absolute atomic E-state index is 12.7. The minimum absolute atomic E-state index is 0.0176. The summed E-state index contributed by atoms with van der Waals surface area (Å²) in [5, 5.41) is 12.7. The van der Waals surface area contributed by atoms with Crippen LogP contribution in [0.25, 0.3) is 11.2 Å². The summed E-state index contributed by atoms with van der Waals surface area (Å²) in [7, 11) is 0. The number of nitrogens with one attached hydrogen (secondary N) is 2. The van der Waals surface area contributed by atoms with Gasteiger partial charge >= 0.3 is 0 Å². The second-order valence-electron chi connectivity index (χ2n) is 7.14. The van der Waals surface area contributed by atoms with Crippen LogP contribution in [0.1, 0.15) is 18.4 Å². The molecule has 4 rings (SSSR count). The van der Waals surface area contributed by atoms with Gasteiger partial charge in [-0.15, -0.1) is 0 Å². The monoisotopic (exact) mass is 380 g/mol. The largest absolute Gasteiger partial charge is 0.394 e. The number of benzene rings is 1. The van der Waals surface area contributed by atoms with Crippen molar-refractivity contribution in [2.45, 2.75) is 25.3 Å². The van der Waals surface area contributed by atoms with Gasteiger partial charge in [-0.1, -0.05) is 30.3 Å². The second kappa shape index (κ2) is 8.35. The van der Waals surface area contributed by atoms with Crippen LogP contribution in [0.2, 0.25) is 0 Å². The Morgan fingerprint density at radius 2 is 2.00 bits per heavy atom. The molecule has 1 unspecified atom stereocenters. The van der Waals surface area contributed by atoms with Crippen LogP contribution in [0.4, 0.5) is 5.82 Å². The lowest BCUT2D eigenvalue weighted by Crippen LogP contribution is -2.46. The third kappa shape index (κ3) is 3.96. The molecule has 1 aliphatic heterocycles. The van der Waals surface area contributed by atoms with Gasteiger partial charge in [0.2, 0.25) is 5.91 Å². The van der Waals surface area contributed by atoms with Crippen molar-refractivity contribution in [2.75, 3.05) is 24.6 Å². The number of H-pyrrole nitrogens is 1. The van der Waals surface area contributed by atoms with Crippen molar-refractivity contribution >= 4 is 22.9 Å². The van der Waals surface area contributed by atoms with E-state index in [1.165, 1.54) is 6.33 Å². The number of aliphatic hydroxyl groups is 1. The van der Waals surface area contributed by atoms with E-state index >= 15 is 0 Å². The van der Waals surface area contributed by atoms with Crippen LogP contribution >= 0.6 is 0 Å². The van der Waals surface area contributed by atoms with Crippen LogP contribution in [0.3, 0.4) is 0 Å². The van der Waals surface area contributed by atoms with Crippen LogP contribution < -0.4 is 10.2 Å². The van der Waals surface area contributed by atoms with E-state index in [1.54, 1.807) is 6.33 Å². The van der Waals surface area contributed by atoms with Crippen LogP contribution in [0.15, 0.2) is 43.0 Å². The SMILES string of the molecule is O=C(NC(CO)Cc1ccccc1)C1CCN(c2ncnc3nc[nH]c23)CC1. The highest BCUT2D eigenvalue weighted by Gasteiger charge is 2.28. The van der Waals surface area contributed by atoms with E-state index in [0.717, 1.165) is 42.8 Å². The zero-order chi connectivity index (χ0) is 19.3. The third-order valence-electron chi connectivity index (χ3n) is 5.26. The Kier molecular flexibility index (Phi) is 5.48. The number of rotatable bonds is 6. The molecule has 1 aliphatic rings. The molecule has 1 amide bonds. The molecule has 0 saturated carbocycles. The first-order valence-electron chi connectivity index (χ1n) is 9.59. The van der Waals surface area contributed by atoms with Gasteiger partial charge in [0, 0.05) is 19.0 Å². The molecule has 0 radical (unpaired) electrons. The summed E-state index contributed by atoms with van der Waals surface area (Å²) in [5.74, 6) is 0.794. The Morgan fingerprint density at radius 3 is 2.75 bits per heavy atom. The van der Waals surface area contributed by atoms with E-state index in [2.05, 4.69) is 30.2 Å². The fourth-order valence-corrected chi connectivity index (χ4v) is 3.72. The van der Waals surface area contributed by atoms with E-state index < -0.39 is 0 Å². The number of hydrogen-bond acceptors (Lipinski definition) is 6. The normalized spacial score (nSPS) is 16.2.